The fraction of sp³-hybridized carbons (Fsp3) is 0.462. The van der Waals surface area contributed by atoms with Crippen molar-refractivity contribution in [3.8, 4) is 0 Å². The van der Waals surface area contributed by atoms with Gasteiger partial charge in [0.2, 0.25) is 5.91 Å². The van der Waals surface area contributed by atoms with Crippen LogP contribution < -0.4 is 5.73 Å². The molecule has 1 fully saturated rings. The van der Waals surface area contributed by atoms with Gasteiger partial charge in [-0.05, 0) is 37.1 Å². The maximum Gasteiger partial charge on any atom is 0.221 e. The molecule has 3 nitrogen and oxygen atoms in total. The van der Waals surface area contributed by atoms with E-state index in [-0.39, 0.29) is 18.3 Å². The number of hydrogen-bond acceptors (Lipinski definition) is 2. The third-order valence-electron chi connectivity index (χ3n) is 3.01. The number of rotatable bonds is 4. The van der Waals surface area contributed by atoms with Gasteiger partial charge in [-0.1, -0.05) is 24.3 Å². The van der Waals surface area contributed by atoms with Crippen molar-refractivity contribution >= 4 is 18.3 Å². The van der Waals surface area contributed by atoms with Crippen molar-refractivity contribution in [2.24, 2.45) is 5.73 Å². The van der Waals surface area contributed by atoms with E-state index in [2.05, 4.69) is 17.0 Å². The molecule has 1 amide bonds. The van der Waals surface area contributed by atoms with Crippen molar-refractivity contribution in [2.45, 2.75) is 25.8 Å². The Kier molecular flexibility index (Phi) is 5.45. The molecular weight excluding hydrogens is 236 g/mol. The lowest BCUT2D eigenvalue weighted by molar-refractivity contribution is -0.117. The number of primary amides is 1. The smallest absolute Gasteiger partial charge is 0.221 e. The highest BCUT2D eigenvalue weighted by Crippen LogP contribution is 2.13. The number of likely N-dealkylation sites (tertiary alicyclic amines) is 1. The molecule has 1 aromatic carbocycles. The van der Waals surface area contributed by atoms with E-state index in [1.807, 2.05) is 12.1 Å². The first kappa shape index (κ1) is 14.0. The molecule has 0 unspecified atom stereocenters. The first-order valence-corrected chi connectivity index (χ1v) is 5.82. The quantitative estimate of drug-likeness (QED) is 0.890. The molecule has 0 radical (unpaired) electrons. The minimum Gasteiger partial charge on any atom is -0.369 e. The van der Waals surface area contributed by atoms with Crippen LogP contribution >= 0.6 is 12.4 Å². The van der Waals surface area contributed by atoms with Crippen molar-refractivity contribution in [3.05, 3.63) is 35.4 Å². The zero-order chi connectivity index (χ0) is 11.4. The summed E-state index contributed by atoms with van der Waals surface area (Å²) in [5.74, 6) is -0.271. The van der Waals surface area contributed by atoms with Crippen molar-refractivity contribution in [2.75, 3.05) is 13.1 Å². The molecule has 1 aliphatic rings. The molecule has 0 aromatic heterocycles. The molecule has 0 aliphatic carbocycles. The normalized spacial score (nSPS) is 15.5. The highest BCUT2D eigenvalue weighted by molar-refractivity contribution is 5.85. The maximum atomic E-state index is 10.7. The lowest BCUT2D eigenvalue weighted by atomic mass is 10.1. The third kappa shape index (κ3) is 4.36. The summed E-state index contributed by atoms with van der Waals surface area (Å²) in [4.78, 5) is 13.2. The van der Waals surface area contributed by atoms with E-state index in [1.165, 1.54) is 31.5 Å². The van der Waals surface area contributed by atoms with Gasteiger partial charge in [-0.2, -0.15) is 0 Å². The molecule has 2 rings (SSSR count). The molecule has 0 atom stereocenters. The average molecular weight is 255 g/mol. The zero-order valence-electron chi connectivity index (χ0n) is 9.89. The Morgan fingerprint density at radius 1 is 1.12 bits per heavy atom. The highest BCUT2D eigenvalue weighted by Gasteiger charge is 2.11. The molecule has 2 N–H and O–H groups in total. The van der Waals surface area contributed by atoms with Crippen LogP contribution in [0.4, 0.5) is 0 Å². The van der Waals surface area contributed by atoms with Crippen LogP contribution in [-0.4, -0.2) is 23.9 Å². The summed E-state index contributed by atoms with van der Waals surface area (Å²) in [5.41, 5.74) is 7.46. The topological polar surface area (TPSA) is 46.3 Å². The van der Waals surface area contributed by atoms with E-state index in [1.54, 1.807) is 0 Å². The Labute approximate surface area is 108 Å². The van der Waals surface area contributed by atoms with Gasteiger partial charge in [-0.25, -0.2) is 0 Å². The number of nitrogens with two attached hydrogens (primary N) is 1. The summed E-state index contributed by atoms with van der Waals surface area (Å²) in [6.45, 7) is 3.45. The van der Waals surface area contributed by atoms with E-state index < -0.39 is 0 Å². The van der Waals surface area contributed by atoms with Gasteiger partial charge in [0, 0.05) is 6.54 Å². The SMILES string of the molecule is Cl.NC(=O)Cc1ccc(CN2CCCC2)cc1. The maximum absolute atomic E-state index is 10.7. The van der Waals surface area contributed by atoms with E-state index >= 15 is 0 Å². The van der Waals surface area contributed by atoms with Crippen LogP contribution in [0.3, 0.4) is 0 Å². The predicted molar refractivity (Wildman–Crippen MR) is 71.1 cm³/mol. The Bertz CT molecular complexity index is 358. The first-order chi connectivity index (χ1) is 7.74. The molecule has 1 aliphatic heterocycles. The number of hydrogen-bond donors (Lipinski definition) is 1. The Balaban J connectivity index is 0.00000144. The number of amides is 1. The summed E-state index contributed by atoms with van der Waals surface area (Å²) in [5, 5.41) is 0. The summed E-state index contributed by atoms with van der Waals surface area (Å²) in [6, 6.07) is 8.18. The number of halogens is 1. The van der Waals surface area contributed by atoms with E-state index in [9.17, 15) is 4.79 Å². The van der Waals surface area contributed by atoms with Crippen molar-refractivity contribution in [1.29, 1.82) is 0 Å². The Hall–Kier alpha value is -1.06. The zero-order valence-corrected chi connectivity index (χ0v) is 10.7. The van der Waals surface area contributed by atoms with Gasteiger partial charge in [0.1, 0.15) is 0 Å². The number of benzene rings is 1. The fourth-order valence-corrected chi connectivity index (χ4v) is 2.16. The van der Waals surface area contributed by atoms with Gasteiger partial charge >= 0.3 is 0 Å². The van der Waals surface area contributed by atoms with Gasteiger partial charge in [-0.15, -0.1) is 12.4 Å². The summed E-state index contributed by atoms with van der Waals surface area (Å²) < 4.78 is 0. The lowest BCUT2D eigenvalue weighted by Gasteiger charge is -2.14. The number of carbonyl (C=O) groups is 1. The monoisotopic (exact) mass is 254 g/mol. The Morgan fingerprint density at radius 2 is 1.65 bits per heavy atom. The largest absolute Gasteiger partial charge is 0.369 e. The summed E-state index contributed by atoms with van der Waals surface area (Å²) in [6.07, 6.45) is 2.98. The van der Waals surface area contributed by atoms with Gasteiger partial charge in [-0.3, -0.25) is 9.69 Å². The second kappa shape index (κ2) is 6.62. The second-order valence-electron chi connectivity index (χ2n) is 4.44. The van der Waals surface area contributed by atoms with E-state index in [4.69, 9.17) is 5.73 Å². The fourth-order valence-electron chi connectivity index (χ4n) is 2.16. The molecule has 4 heteroatoms. The minimum absolute atomic E-state index is 0. The van der Waals surface area contributed by atoms with Crippen molar-refractivity contribution in [1.82, 2.24) is 4.90 Å². The van der Waals surface area contributed by atoms with Crippen LogP contribution in [0.25, 0.3) is 0 Å². The number of nitrogens with zero attached hydrogens (tertiary/aromatic N) is 1. The first-order valence-electron chi connectivity index (χ1n) is 5.82. The van der Waals surface area contributed by atoms with Gasteiger partial charge in [0.05, 0.1) is 6.42 Å². The minimum atomic E-state index is -0.271. The second-order valence-corrected chi connectivity index (χ2v) is 4.44. The van der Waals surface area contributed by atoms with Gasteiger partial charge in [0.15, 0.2) is 0 Å². The van der Waals surface area contributed by atoms with Crippen LogP contribution in [0.15, 0.2) is 24.3 Å². The molecular formula is C13H19ClN2O. The Morgan fingerprint density at radius 3 is 2.18 bits per heavy atom. The molecule has 1 aromatic rings. The van der Waals surface area contributed by atoms with E-state index in [0.29, 0.717) is 6.42 Å². The molecule has 17 heavy (non-hydrogen) atoms. The van der Waals surface area contributed by atoms with Crippen LogP contribution in [0.5, 0.6) is 0 Å². The number of carbonyl (C=O) groups excluding carboxylic acids is 1. The van der Waals surface area contributed by atoms with Crippen LogP contribution in [0.1, 0.15) is 24.0 Å². The molecule has 0 saturated carbocycles. The molecule has 94 valence electrons. The average Bonchev–Trinajstić information content (AvgIpc) is 2.73. The molecule has 0 bridgehead atoms. The van der Waals surface area contributed by atoms with Crippen LogP contribution in [0.2, 0.25) is 0 Å². The van der Waals surface area contributed by atoms with Crippen molar-refractivity contribution in [3.63, 3.8) is 0 Å². The van der Waals surface area contributed by atoms with Gasteiger partial charge < -0.3 is 5.73 Å². The predicted octanol–water partition coefficient (Wildman–Crippen LogP) is 1.73. The molecule has 1 saturated heterocycles. The van der Waals surface area contributed by atoms with Crippen LogP contribution in [-0.2, 0) is 17.8 Å². The molecule has 1 heterocycles. The van der Waals surface area contributed by atoms with Crippen molar-refractivity contribution < 1.29 is 4.79 Å². The lowest BCUT2D eigenvalue weighted by Crippen LogP contribution is -2.18. The standard InChI is InChI=1S/C13H18N2O.ClH/c14-13(16)9-11-3-5-12(6-4-11)10-15-7-1-2-8-15;/h3-6H,1-2,7-10H2,(H2,14,16);1H. The molecule has 0 spiro atoms. The highest BCUT2D eigenvalue weighted by atomic mass is 35.5. The summed E-state index contributed by atoms with van der Waals surface area (Å²) in [7, 11) is 0. The van der Waals surface area contributed by atoms with E-state index in [0.717, 1.165) is 12.1 Å². The van der Waals surface area contributed by atoms with Crippen LogP contribution in [0, 0.1) is 0 Å². The third-order valence-corrected chi connectivity index (χ3v) is 3.01. The summed E-state index contributed by atoms with van der Waals surface area (Å²) >= 11 is 0. The van der Waals surface area contributed by atoms with Gasteiger partial charge in [0.25, 0.3) is 0 Å².